The minimum atomic E-state index is -0.0861. The molecule has 110 valence electrons. The van der Waals surface area contributed by atoms with Crippen LogP contribution in [0.2, 0.25) is 0 Å². The number of benzene rings is 1. The molecule has 3 rings (SSSR count). The van der Waals surface area contributed by atoms with Crippen LogP contribution in [0.4, 0.5) is 0 Å². The van der Waals surface area contributed by atoms with Crippen LogP contribution in [0.15, 0.2) is 35.1 Å². The van der Waals surface area contributed by atoms with Crippen LogP contribution >= 0.6 is 23.6 Å². The van der Waals surface area contributed by atoms with Gasteiger partial charge in [0.05, 0.1) is 23.6 Å². The smallest absolute Gasteiger partial charge is 0.263 e. The van der Waals surface area contributed by atoms with Crippen LogP contribution in [0.25, 0.3) is 10.2 Å². The average Bonchev–Trinajstić information content (AvgIpc) is 2.95. The number of rotatable bonds is 3. The molecule has 0 aliphatic rings. The van der Waals surface area contributed by atoms with Crippen LogP contribution in [0, 0.1) is 16.1 Å². The molecule has 0 amide bonds. The van der Waals surface area contributed by atoms with Gasteiger partial charge >= 0.3 is 0 Å². The second kappa shape index (κ2) is 5.87. The van der Waals surface area contributed by atoms with Gasteiger partial charge in [0.25, 0.3) is 5.56 Å². The third kappa shape index (κ3) is 2.61. The first-order chi connectivity index (χ1) is 10.6. The largest absolute Gasteiger partial charge is 0.323 e. The molecular weight excluding hydrogens is 314 g/mol. The number of hydrogen-bond donors (Lipinski definition) is 1. The summed E-state index contributed by atoms with van der Waals surface area (Å²) in [6, 6.07) is 11.2. The van der Waals surface area contributed by atoms with Crippen LogP contribution in [-0.4, -0.2) is 9.55 Å². The zero-order valence-corrected chi connectivity index (χ0v) is 13.6. The highest BCUT2D eigenvalue weighted by atomic mass is 32.1. The molecule has 2 aromatic heterocycles. The molecule has 0 aliphatic heterocycles. The molecule has 3 aromatic rings. The Morgan fingerprint density at radius 3 is 2.95 bits per heavy atom. The number of aryl methyl sites for hydroxylation is 1. The normalized spacial score (nSPS) is 10.7. The Labute approximate surface area is 136 Å². The van der Waals surface area contributed by atoms with Gasteiger partial charge in [0.2, 0.25) is 0 Å². The van der Waals surface area contributed by atoms with Crippen LogP contribution in [0.3, 0.4) is 0 Å². The molecule has 4 nitrogen and oxygen atoms in total. The molecule has 22 heavy (non-hydrogen) atoms. The Balaban J connectivity index is 2.12. The van der Waals surface area contributed by atoms with E-state index >= 15 is 0 Å². The Morgan fingerprint density at radius 2 is 2.23 bits per heavy atom. The maximum absolute atomic E-state index is 12.7. The van der Waals surface area contributed by atoms with E-state index in [9.17, 15) is 4.79 Å². The van der Waals surface area contributed by atoms with Gasteiger partial charge in [-0.1, -0.05) is 19.1 Å². The van der Waals surface area contributed by atoms with E-state index in [0.717, 1.165) is 21.7 Å². The Hall–Kier alpha value is -2.23. The molecule has 0 spiro atoms. The second-order valence-electron chi connectivity index (χ2n) is 4.94. The first-order valence-corrected chi connectivity index (χ1v) is 8.09. The SMILES string of the molecule is CCc1cc2c(=O)n(Cc3cccc(C#N)c3)c(=S)[nH]c2s1. The molecule has 2 heterocycles. The van der Waals surface area contributed by atoms with E-state index in [1.165, 1.54) is 0 Å². The molecule has 0 atom stereocenters. The fourth-order valence-electron chi connectivity index (χ4n) is 2.34. The molecule has 0 radical (unpaired) electrons. The van der Waals surface area contributed by atoms with Crippen molar-refractivity contribution in [2.75, 3.05) is 0 Å². The number of nitrogens with zero attached hydrogens (tertiary/aromatic N) is 2. The quantitative estimate of drug-likeness (QED) is 0.748. The van der Waals surface area contributed by atoms with Gasteiger partial charge in [-0.25, -0.2) is 0 Å². The minimum Gasteiger partial charge on any atom is -0.323 e. The lowest BCUT2D eigenvalue weighted by atomic mass is 10.1. The predicted molar refractivity (Wildman–Crippen MR) is 90.9 cm³/mol. The molecule has 0 fully saturated rings. The maximum Gasteiger partial charge on any atom is 0.263 e. The lowest BCUT2D eigenvalue weighted by molar-refractivity contribution is 0.735. The van der Waals surface area contributed by atoms with E-state index in [0.29, 0.717) is 22.3 Å². The van der Waals surface area contributed by atoms with Crippen molar-refractivity contribution in [3.8, 4) is 6.07 Å². The molecule has 0 unspecified atom stereocenters. The number of thiophene rings is 1. The highest BCUT2D eigenvalue weighted by molar-refractivity contribution is 7.71. The summed E-state index contributed by atoms with van der Waals surface area (Å²) >= 11 is 6.89. The highest BCUT2D eigenvalue weighted by Gasteiger charge is 2.10. The number of aromatic amines is 1. The summed E-state index contributed by atoms with van der Waals surface area (Å²) in [7, 11) is 0. The van der Waals surface area contributed by atoms with Crippen molar-refractivity contribution < 1.29 is 0 Å². The summed E-state index contributed by atoms with van der Waals surface area (Å²) in [5, 5.41) is 9.64. The van der Waals surface area contributed by atoms with Gasteiger partial charge in [-0.15, -0.1) is 11.3 Å². The van der Waals surface area contributed by atoms with Crippen molar-refractivity contribution >= 4 is 33.8 Å². The van der Waals surface area contributed by atoms with Crippen molar-refractivity contribution in [3.05, 3.63) is 61.5 Å². The summed E-state index contributed by atoms with van der Waals surface area (Å²) < 4.78 is 1.95. The fourth-order valence-corrected chi connectivity index (χ4v) is 3.64. The van der Waals surface area contributed by atoms with Gasteiger partial charge in [0, 0.05) is 4.88 Å². The van der Waals surface area contributed by atoms with Crippen LogP contribution in [-0.2, 0) is 13.0 Å². The van der Waals surface area contributed by atoms with Crippen molar-refractivity contribution in [1.82, 2.24) is 9.55 Å². The zero-order valence-electron chi connectivity index (χ0n) is 11.9. The molecule has 1 N–H and O–H groups in total. The molecule has 0 saturated carbocycles. The summed E-state index contributed by atoms with van der Waals surface area (Å²) in [5.41, 5.74) is 1.37. The van der Waals surface area contributed by atoms with Crippen LogP contribution in [0.5, 0.6) is 0 Å². The fraction of sp³-hybridized carbons (Fsp3) is 0.188. The van der Waals surface area contributed by atoms with E-state index in [4.69, 9.17) is 17.5 Å². The van der Waals surface area contributed by atoms with Gasteiger partial charge in [-0.3, -0.25) is 9.36 Å². The van der Waals surface area contributed by atoms with Crippen molar-refractivity contribution in [2.24, 2.45) is 0 Å². The standard InChI is InChI=1S/C16H13N3OS2/c1-2-12-7-13-14(22-12)18-16(21)19(15(13)20)9-11-5-3-4-10(6-11)8-17/h3-7H,2,9H2,1H3,(H,18,21). The number of nitriles is 1. The van der Waals surface area contributed by atoms with Gasteiger partial charge < -0.3 is 4.98 Å². The van der Waals surface area contributed by atoms with Gasteiger partial charge in [0.1, 0.15) is 4.83 Å². The summed E-state index contributed by atoms with van der Waals surface area (Å²) in [6.45, 7) is 2.42. The molecule has 1 aromatic carbocycles. The van der Waals surface area contributed by atoms with Crippen molar-refractivity contribution in [1.29, 1.82) is 5.26 Å². The monoisotopic (exact) mass is 327 g/mol. The Morgan fingerprint density at radius 1 is 1.41 bits per heavy atom. The number of nitrogens with one attached hydrogen (secondary N) is 1. The minimum absolute atomic E-state index is 0.0861. The second-order valence-corrected chi connectivity index (χ2v) is 6.47. The summed E-state index contributed by atoms with van der Waals surface area (Å²) in [5.74, 6) is 0. The number of aromatic nitrogens is 2. The van der Waals surface area contributed by atoms with E-state index in [2.05, 4.69) is 18.0 Å². The number of hydrogen-bond acceptors (Lipinski definition) is 4. The van der Waals surface area contributed by atoms with Crippen LogP contribution < -0.4 is 5.56 Å². The maximum atomic E-state index is 12.7. The van der Waals surface area contributed by atoms with Crippen LogP contribution in [0.1, 0.15) is 22.9 Å². The first-order valence-electron chi connectivity index (χ1n) is 6.87. The Kier molecular flexibility index (Phi) is 3.92. The zero-order chi connectivity index (χ0) is 15.7. The van der Waals surface area contributed by atoms with Gasteiger partial charge in [0.15, 0.2) is 4.77 Å². The molecular formula is C16H13N3OS2. The molecule has 0 saturated heterocycles. The Bertz CT molecular complexity index is 1000. The molecule has 0 bridgehead atoms. The average molecular weight is 327 g/mol. The third-order valence-electron chi connectivity index (χ3n) is 3.47. The lowest BCUT2D eigenvalue weighted by Crippen LogP contribution is -2.22. The van der Waals surface area contributed by atoms with E-state index in [1.54, 1.807) is 28.0 Å². The lowest BCUT2D eigenvalue weighted by Gasteiger charge is -2.06. The van der Waals surface area contributed by atoms with Gasteiger partial charge in [-0.05, 0) is 42.4 Å². The topological polar surface area (TPSA) is 61.6 Å². The first kappa shape index (κ1) is 14.7. The molecule has 0 aliphatic carbocycles. The number of fused-ring (bicyclic) bond motifs is 1. The van der Waals surface area contributed by atoms with Crippen molar-refractivity contribution in [3.63, 3.8) is 0 Å². The highest BCUT2D eigenvalue weighted by Crippen LogP contribution is 2.21. The third-order valence-corrected chi connectivity index (χ3v) is 4.99. The predicted octanol–water partition coefficient (Wildman–Crippen LogP) is 3.60. The van der Waals surface area contributed by atoms with E-state index < -0.39 is 0 Å². The van der Waals surface area contributed by atoms with Crippen molar-refractivity contribution in [2.45, 2.75) is 19.9 Å². The van der Waals surface area contributed by atoms with Gasteiger partial charge in [-0.2, -0.15) is 5.26 Å². The van der Waals surface area contributed by atoms with E-state index in [1.807, 2.05) is 18.2 Å². The summed E-state index contributed by atoms with van der Waals surface area (Å²) in [6.07, 6.45) is 0.892. The number of H-pyrrole nitrogens is 1. The molecule has 6 heteroatoms. The summed E-state index contributed by atoms with van der Waals surface area (Å²) in [4.78, 5) is 17.8. The van der Waals surface area contributed by atoms with E-state index in [-0.39, 0.29) is 5.56 Å².